The van der Waals surface area contributed by atoms with E-state index in [0.29, 0.717) is 17.1 Å². The van der Waals surface area contributed by atoms with E-state index in [2.05, 4.69) is 26.1 Å². The normalized spacial score (nSPS) is 24.2. The minimum absolute atomic E-state index is 0.140. The van der Waals surface area contributed by atoms with Crippen molar-refractivity contribution >= 4 is 5.69 Å². The van der Waals surface area contributed by atoms with Crippen LogP contribution < -0.4 is 5.32 Å². The summed E-state index contributed by atoms with van der Waals surface area (Å²) in [6, 6.07) is 7.41. The van der Waals surface area contributed by atoms with E-state index >= 15 is 0 Å². The Morgan fingerprint density at radius 1 is 1.16 bits per heavy atom. The maximum atomic E-state index is 13.6. The van der Waals surface area contributed by atoms with Gasteiger partial charge in [0.1, 0.15) is 5.82 Å². The van der Waals surface area contributed by atoms with Crippen LogP contribution >= 0.6 is 0 Å². The van der Waals surface area contributed by atoms with Gasteiger partial charge in [-0.2, -0.15) is 0 Å². The molecule has 1 aliphatic carbocycles. The highest BCUT2D eigenvalue weighted by Crippen LogP contribution is 2.40. The van der Waals surface area contributed by atoms with Crippen molar-refractivity contribution in [3.63, 3.8) is 0 Å². The summed E-state index contributed by atoms with van der Waals surface area (Å²) >= 11 is 0. The monoisotopic (exact) mass is 263 g/mol. The Morgan fingerprint density at radius 3 is 2.37 bits per heavy atom. The molecule has 0 aromatic heterocycles. The summed E-state index contributed by atoms with van der Waals surface area (Å²) in [4.78, 5) is 0. The van der Waals surface area contributed by atoms with Gasteiger partial charge in [0, 0.05) is 6.04 Å². The summed E-state index contributed by atoms with van der Waals surface area (Å²) in [6.45, 7) is 7.04. The van der Waals surface area contributed by atoms with Crippen molar-refractivity contribution in [2.24, 2.45) is 11.3 Å². The molecule has 2 heteroatoms. The molecular formula is C17H26FN. The fourth-order valence-electron chi connectivity index (χ4n) is 3.11. The molecule has 0 saturated heterocycles. The lowest BCUT2D eigenvalue weighted by Gasteiger charge is -2.39. The lowest BCUT2D eigenvalue weighted by atomic mass is 9.69. The molecule has 0 radical (unpaired) electrons. The van der Waals surface area contributed by atoms with Crippen LogP contribution in [0.2, 0.25) is 0 Å². The fourth-order valence-corrected chi connectivity index (χ4v) is 3.11. The average molecular weight is 263 g/mol. The summed E-state index contributed by atoms with van der Waals surface area (Å²) < 4.78 is 13.6. The summed E-state index contributed by atoms with van der Waals surface area (Å²) in [5.74, 6) is 0.676. The van der Waals surface area contributed by atoms with Crippen LogP contribution in [0.15, 0.2) is 24.3 Å². The zero-order valence-corrected chi connectivity index (χ0v) is 12.4. The molecule has 0 bridgehead atoms. The molecule has 1 aliphatic rings. The van der Waals surface area contributed by atoms with Crippen molar-refractivity contribution in [1.29, 1.82) is 0 Å². The second kappa shape index (κ2) is 5.94. The largest absolute Gasteiger partial charge is 0.380 e. The van der Waals surface area contributed by atoms with E-state index in [-0.39, 0.29) is 5.82 Å². The molecule has 0 spiro atoms. The molecule has 0 aliphatic heterocycles. The first-order valence-electron chi connectivity index (χ1n) is 7.54. The highest BCUT2D eigenvalue weighted by Gasteiger charge is 2.31. The summed E-state index contributed by atoms with van der Waals surface area (Å²) in [7, 11) is 0. The van der Waals surface area contributed by atoms with Gasteiger partial charge in [0.05, 0.1) is 5.69 Å². The van der Waals surface area contributed by atoms with E-state index in [1.807, 2.05) is 12.1 Å². The van der Waals surface area contributed by atoms with Gasteiger partial charge in [0.15, 0.2) is 0 Å². The minimum Gasteiger partial charge on any atom is -0.380 e. The Bertz CT molecular complexity index is 405. The second-order valence-electron chi connectivity index (χ2n) is 6.51. The number of hydrogen-bond donors (Lipinski definition) is 1. The van der Waals surface area contributed by atoms with E-state index in [1.54, 1.807) is 6.07 Å². The van der Waals surface area contributed by atoms with Crippen molar-refractivity contribution in [3.8, 4) is 0 Å². The van der Waals surface area contributed by atoms with Crippen LogP contribution in [0, 0.1) is 17.2 Å². The predicted octanol–water partition coefficient (Wildman–Crippen LogP) is 5.23. The van der Waals surface area contributed by atoms with Crippen molar-refractivity contribution in [1.82, 2.24) is 0 Å². The zero-order valence-electron chi connectivity index (χ0n) is 12.4. The third-order valence-corrected chi connectivity index (χ3v) is 4.98. The van der Waals surface area contributed by atoms with E-state index in [9.17, 15) is 4.39 Å². The Labute approximate surface area is 116 Å². The van der Waals surface area contributed by atoms with Crippen LogP contribution in [0.5, 0.6) is 0 Å². The van der Waals surface area contributed by atoms with Gasteiger partial charge in [-0.05, 0) is 49.1 Å². The summed E-state index contributed by atoms with van der Waals surface area (Å²) in [5.41, 5.74) is 1.10. The number of hydrogen-bond acceptors (Lipinski definition) is 1. The third-order valence-electron chi connectivity index (χ3n) is 4.98. The zero-order chi connectivity index (χ0) is 13.9. The number of rotatable bonds is 4. The van der Waals surface area contributed by atoms with E-state index < -0.39 is 0 Å². The van der Waals surface area contributed by atoms with Crippen LogP contribution in [-0.4, -0.2) is 6.04 Å². The molecule has 19 heavy (non-hydrogen) atoms. The first kappa shape index (κ1) is 14.4. The topological polar surface area (TPSA) is 12.0 Å². The standard InChI is InChI=1S/C17H26FN/c1-4-17(2,3)13-9-11-14(12-10-13)19-16-8-6-5-7-15(16)18/h5-8,13-14,19H,4,9-12H2,1-3H3. The number of nitrogens with one attached hydrogen (secondary N) is 1. The average Bonchev–Trinajstić information content (AvgIpc) is 2.42. The first-order chi connectivity index (χ1) is 9.03. The van der Waals surface area contributed by atoms with Gasteiger partial charge in [0.25, 0.3) is 0 Å². The quantitative estimate of drug-likeness (QED) is 0.784. The van der Waals surface area contributed by atoms with Crippen LogP contribution in [0.4, 0.5) is 10.1 Å². The molecule has 106 valence electrons. The number of anilines is 1. The van der Waals surface area contributed by atoms with E-state index in [1.165, 1.54) is 25.3 Å². The first-order valence-corrected chi connectivity index (χ1v) is 7.54. The van der Waals surface area contributed by atoms with Gasteiger partial charge in [-0.15, -0.1) is 0 Å². The maximum absolute atomic E-state index is 13.6. The highest BCUT2D eigenvalue weighted by atomic mass is 19.1. The van der Waals surface area contributed by atoms with Crippen LogP contribution in [0.1, 0.15) is 52.9 Å². The molecule has 1 saturated carbocycles. The molecule has 1 aromatic rings. The van der Waals surface area contributed by atoms with Crippen molar-refractivity contribution in [3.05, 3.63) is 30.1 Å². The molecular weight excluding hydrogens is 237 g/mol. The van der Waals surface area contributed by atoms with E-state index in [4.69, 9.17) is 0 Å². The van der Waals surface area contributed by atoms with Crippen LogP contribution in [-0.2, 0) is 0 Å². The van der Waals surface area contributed by atoms with Gasteiger partial charge in [-0.1, -0.05) is 39.3 Å². The number of para-hydroxylation sites is 1. The van der Waals surface area contributed by atoms with Crippen molar-refractivity contribution < 1.29 is 4.39 Å². The van der Waals surface area contributed by atoms with Gasteiger partial charge >= 0.3 is 0 Å². The second-order valence-corrected chi connectivity index (χ2v) is 6.51. The molecule has 0 amide bonds. The molecule has 1 fully saturated rings. The Morgan fingerprint density at radius 2 is 1.79 bits per heavy atom. The summed E-state index contributed by atoms with van der Waals surface area (Å²) in [5, 5.41) is 3.36. The molecule has 0 atom stereocenters. The number of benzene rings is 1. The predicted molar refractivity (Wildman–Crippen MR) is 79.8 cm³/mol. The van der Waals surface area contributed by atoms with Gasteiger partial charge in [-0.25, -0.2) is 4.39 Å². The smallest absolute Gasteiger partial charge is 0.146 e. The van der Waals surface area contributed by atoms with Crippen LogP contribution in [0.25, 0.3) is 0 Å². The summed E-state index contributed by atoms with van der Waals surface area (Å²) in [6.07, 6.45) is 6.06. The molecule has 1 nitrogen and oxygen atoms in total. The fraction of sp³-hybridized carbons (Fsp3) is 0.647. The van der Waals surface area contributed by atoms with Gasteiger partial charge in [0.2, 0.25) is 0 Å². The number of halogens is 1. The van der Waals surface area contributed by atoms with Crippen molar-refractivity contribution in [2.75, 3.05) is 5.32 Å². The van der Waals surface area contributed by atoms with Gasteiger partial charge in [-0.3, -0.25) is 0 Å². The molecule has 2 rings (SSSR count). The minimum atomic E-state index is -0.140. The van der Waals surface area contributed by atoms with Crippen molar-refractivity contribution in [2.45, 2.75) is 58.9 Å². The molecule has 0 heterocycles. The van der Waals surface area contributed by atoms with E-state index in [0.717, 1.165) is 18.8 Å². The van der Waals surface area contributed by atoms with Gasteiger partial charge < -0.3 is 5.32 Å². The molecule has 0 unspecified atom stereocenters. The Hall–Kier alpha value is -1.05. The highest BCUT2D eigenvalue weighted by molar-refractivity contribution is 5.45. The Kier molecular flexibility index (Phi) is 4.49. The SMILES string of the molecule is CCC(C)(C)C1CCC(Nc2ccccc2F)CC1. The van der Waals surface area contributed by atoms with Crippen LogP contribution in [0.3, 0.4) is 0 Å². The Balaban J connectivity index is 1.89. The maximum Gasteiger partial charge on any atom is 0.146 e. The lowest BCUT2D eigenvalue weighted by molar-refractivity contribution is 0.147. The molecule has 1 aromatic carbocycles. The molecule has 1 N–H and O–H groups in total. The third kappa shape index (κ3) is 3.49. The lowest BCUT2D eigenvalue weighted by Crippen LogP contribution is -2.32.